The molecule has 2 fully saturated rings. The van der Waals surface area contributed by atoms with Crippen molar-refractivity contribution in [3.8, 4) is 0 Å². The Morgan fingerprint density at radius 1 is 1.26 bits per heavy atom. The normalized spacial score (nSPS) is 31.7. The second kappa shape index (κ2) is 5.35. The number of carbonyl (C=O) groups is 1. The maximum atomic E-state index is 12.4. The highest BCUT2D eigenvalue weighted by Crippen LogP contribution is 2.27. The zero-order valence-corrected chi connectivity index (χ0v) is 11.7. The molecule has 0 aromatic carbocycles. The number of β-amino-alcohol motifs (C(OH)–C–C–N with tert-alkyl or cyclic N) is 1. The van der Waals surface area contributed by atoms with E-state index in [1.807, 2.05) is 0 Å². The highest BCUT2D eigenvalue weighted by atomic mass is 32.2. The molecule has 8 heteroatoms. The predicted octanol–water partition coefficient (Wildman–Crippen LogP) is -0.517. The third-order valence-electron chi connectivity index (χ3n) is 3.88. The average molecular weight is 292 g/mol. The predicted molar refractivity (Wildman–Crippen MR) is 67.6 cm³/mol. The summed E-state index contributed by atoms with van der Waals surface area (Å²) in [5, 5.41) is 18.6. The molecule has 0 radical (unpaired) electrons. The van der Waals surface area contributed by atoms with E-state index < -0.39 is 28.3 Å². The van der Waals surface area contributed by atoms with Gasteiger partial charge < -0.3 is 10.2 Å². The van der Waals surface area contributed by atoms with Crippen molar-refractivity contribution >= 4 is 16.2 Å². The van der Waals surface area contributed by atoms with Gasteiger partial charge in [0.15, 0.2) is 0 Å². The van der Waals surface area contributed by atoms with Gasteiger partial charge in [0, 0.05) is 26.1 Å². The van der Waals surface area contributed by atoms with Crippen LogP contribution in [0.15, 0.2) is 0 Å². The van der Waals surface area contributed by atoms with Gasteiger partial charge in [-0.15, -0.1) is 0 Å². The van der Waals surface area contributed by atoms with Crippen molar-refractivity contribution in [1.29, 1.82) is 0 Å². The largest absolute Gasteiger partial charge is 0.480 e. The molecule has 19 heavy (non-hydrogen) atoms. The molecule has 7 nitrogen and oxygen atoms in total. The molecule has 2 atom stereocenters. The molecule has 0 spiro atoms. The Labute approximate surface area is 113 Å². The first-order chi connectivity index (χ1) is 8.82. The molecule has 2 saturated heterocycles. The maximum absolute atomic E-state index is 12.4. The van der Waals surface area contributed by atoms with E-state index >= 15 is 0 Å². The summed E-state index contributed by atoms with van der Waals surface area (Å²) in [5.74, 6) is -0.712. The van der Waals surface area contributed by atoms with Crippen molar-refractivity contribution in [2.24, 2.45) is 5.92 Å². The van der Waals surface area contributed by atoms with Crippen LogP contribution in [0.25, 0.3) is 0 Å². The fourth-order valence-electron chi connectivity index (χ4n) is 2.63. The molecular weight excluding hydrogens is 272 g/mol. The summed E-state index contributed by atoms with van der Waals surface area (Å²) in [7, 11) is -3.79. The van der Waals surface area contributed by atoms with Crippen LogP contribution in [0.1, 0.15) is 26.2 Å². The molecule has 2 heterocycles. The molecule has 2 aliphatic rings. The highest BCUT2D eigenvalue weighted by molar-refractivity contribution is 7.86. The summed E-state index contributed by atoms with van der Waals surface area (Å²) < 4.78 is 27.1. The Morgan fingerprint density at radius 2 is 1.84 bits per heavy atom. The van der Waals surface area contributed by atoms with E-state index in [0.717, 1.165) is 17.1 Å². The fourth-order valence-corrected chi connectivity index (χ4v) is 4.45. The van der Waals surface area contributed by atoms with E-state index in [9.17, 15) is 18.3 Å². The van der Waals surface area contributed by atoms with Crippen molar-refractivity contribution in [2.75, 3.05) is 19.6 Å². The lowest BCUT2D eigenvalue weighted by Gasteiger charge is -2.33. The van der Waals surface area contributed by atoms with Gasteiger partial charge in [-0.1, -0.05) is 6.92 Å². The lowest BCUT2D eigenvalue weighted by Crippen LogP contribution is -2.50. The second-order valence-electron chi connectivity index (χ2n) is 5.40. The van der Waals surface area contributed by atoms with E-state index in [1.165, 1.54) is 4.31 Å². The summed E-state index contributed by atoms with van der Waals surface area (Å²) in [6, 6.07) is -1.15. The first-order valence-electron chi connectivity index (χ1n) is 6.50. The molecule has 2 aliphatic heterocycles. The number of rotatable bonds is 3. The van der Waals surface area contributed by atoms with Crippen LogP contribution in [0, 0.1) is 5.92 Å². The number of carboxylic acid groups (broad SMARTS) is 1. The van der Waals surface area contributed by atoms with Crippen LogP contribution in [0.4, 0.5) is 0 Å². The smallest absolute Gasteiger partial charge is 0.322 e. The van der Waals surface area contributed by atoms with Crippen LogP contribution >= 0.6 is 0 Å². The quantitative estimate of drug-likeness (QED) is 0.729. The molecule has 0 amide bonds. The van der Waals surface area contributed by atoms with Crippen molar-refractivity contribution in [3.63, 3.8) is 0 Å². The molecule has 0 bridgehead atoms. The number of hydrogen-bond acceptors (Lipinski definition) is 4. The number of aliphatic carboxylic acids is 1. The Kier molecular flexibility index (Phi) is 4.14. The summed E-state index contributed by atoms with van der Waals surface area (Å²) in [4.78, 5) is 11.1. The summed E-state index contributed by atoms with van der Waals surface area (Å²) >= 11 is 0. The fraction of sp³-hybridized carbons (Fsp3) is 0.909. The minimum Gasteiger partial charge on any atom is -0.480 e. The molecule has 0 saturated carbocycles. The number of nitrogens with zero attached hydrogens (tertiary/aromatic N) is 2. The molecular formula is C11H20N2O5S. The number of aliphatic hydroxyl groups excluding tert-OH is 1. The van der Waals surface area contributed by atoms with Crippen molar-refractivity contribution in [1.82, 2.24) is 8.61 Å². The van der Waals surface area contributed by atoms with Gasteiger partial charge in [0.05, 0.1) is 6.10 Å². The molecule has 2 N–H and O–H groups in total. The molecule has 110 valence electrons. The zero-order valence-electron chi connectivity index (χ0n) is 10.9. The first-order valence-corrected chi connectivity index (χ1v) is 7.90. The number of carboxylic acids is 1. The number of piperidine rings is 1. The third-order valence-corrected chi connectivity index (χ3v) is 5.90. The highest BCUT2D eigenvalue weighted by Gasteiger charge is 2.45. The van der Waals surface area contributed by atoms with Crippen LogP contribution in [-0.2, 0) is 15.0 Å². The van der Waals surface area contributed by atoms with E-state index in [-0.39, 0.29) is 13.0 Å². The molecule has 0 aliphatic carbocycles. The van der Waals surface area contributed by atoms with Gasteiger partial charge in [-0.25, -0.2) is 0 Å². The lowest BCUT2D eigenvalue weighted by molar-refractivity contribution is -0.140. The monoisotopic (exact) mass is 292 g/mol. The topological polar surface area (TPSA) is 98.2 Å². The van der Waals surface area contributed by atoms with Gasteiger partial charge in [0.25, 0.3) is 10.2 Å². The van der Waals surface area contributed by atoms with Gasteiger partial charge in [-0.05, 0) is 18.8 Å². The van der Waals surface area contributed by atoms with E-state index in [1.54, 1.807) is 0 Å². The van der Waals surface area contributed by atoms with Crippen LogP contribution in [-0.4, -0.2) is 65.0 Å². The first kappa shape index (κ1) is 14.7. The van der Waals surface area contributed by atoms with Crippen LogP contribution in [0.5, 0.6) is 0 Å². The molecule has 0 unspecified atom stereocenters. The van der Waals surface area contributed by atoms with Gasteiger partial charge >= 0.3 is 5.97 Å². The Hall–Kier alpha value is -0.700. The Morgan fingerprint density at radius 3 is 2.37 bits per heavy atom. The standard InChI is InChI=1S/C11H20N2O5S/c1-8-2-4-12(5-3-8)19(17,18)13-7-9(14)6-10(13)11(15)16/h8-10,14H,2-7H2,1H3,(H,15,16)/t9-,10+/m1/s1. The zero-order chi connectivity index (χ0) is 14.2. The minimum atomic E-state index is -3.79. The second-order valence-corrected chi connectivity index (χ2v) is 7.28. The van der Waals surface area contributed by atoms with Gasteiger partial charge in [0.1, 0.15) is 6.04 Å². The van der Waals surface area contributed by atoms with Crippen molar-refractivity contribution < 1.29 is 23.4 Å². The lowest BCUT2D eigenvalue weighted by atomic mass is 10.0. The minimum absolute atomic E-state index is 0.0429. The van der Waals surface area contributed by atoms with Gasteiger partial charge in [-0.3, -0.25) is 4.79 Å². The van der Waals surface area contributed by atoms with Crippen LogP contribution in [0.3, 0.4) is 0 Å². The van der Waals surface area contributed by atoms with Crippen LogP contribution < -0.4 is 0 Å². The maximum Gasteiger partial charge on any atom is 0.322 e. The van der Waals surface area contributed by atoms with Crippen LogP contribution in [0.2, 0.25) is 0 Å². The van der Waals surface area contributed by atoms with Gasteiger partial charge in [0.2, 0.25) is 0 Å². The number of aliphatic hydroxyl groups is 1. The molecule has 2 rings (SSSR count). The van der Waals surface area contributed by atoms with Gasteiger partial charge in [-0.2, -0.15) is 17.0 Å². The average Bonchev–Trinajstić information content (AvgIpc) is 2.73. The van der Waals surface area contributed by atoms with Crippen molar-refractivity contribution in [2.45, 2.75) is 38.3 Å². The van der Waals surface area contributed by atoms with E-state index in [0.29, 0.717) is 19.0 Å². The summed E-state index contributed by atoms with van der Waals surface area (Å²) in [5.41, 5.74) is 0. The van der Waals surface area contributed by atoms with E-state index in [4.69, 9.17) is 5.11 Å². The molecule has 0 aromatic heterocycles. The SMILES string of the molecule is CC1CCN(S(=O)(=O)N2C[C@H](O)C[C@H]2C(=O)O)CC1. The van der Waals surface area contributed by atoms with E-state index in [2.05, 4.69) is 6.92 Å². The Bertz CT molecular complexity index is 444. The van der Waals surface area contributed by atoms with Crippen molar-refractivity contribution in [3.05, 3.63) is 0 Å². The molecule has 0 aromatic rings. The number of hydrogen-bond donors (Lipinski definition) is 2. The third kappa shape index (κ3) is 2.91. The Balaban J connectivity index is 2.16. The summed E-state index contributed by atoms with van der Waals surface area (Å²) in [6.45, 7) is 2.78. The summed E-state index contributed by atoms with van der Waals surface area (Å²) in [6.07, 6.45) is 0.624.